The summed E-state index contributed by atoms with van der Waals surface area (Å²) in [5, 5.41) is 6.94. The van der Waals surface area contributed by atoms with Gasteiger partial charge in [-0.25, -0.2) is 0 Å². The third-order valence-corrected chi connectivity index (χ3v) is 1.12. The molecule has 0 saturated carbocycles. The summed E-state index contributed by atoms with van der Waals surface area (Å²) in [6, 6.07) is 0. The Balaban J connectivity index is 3.96. The standard InChI is InChI=1S/C8H11NO2/c1-4-6(3)8(10)11-7(9)5-2/h4-6,9H,1-2H2,3H3. The second-order valence-electron chi connectivity index (χ2n) is 2.01. The highest BCUT2D eigenvalue weighted by atomic mass is 16.5. The van der Waals surface area contributed by atoms with E-state index in [2.05, 4.69) is 17.9 Å². The van der Waals surface area contributed by atoms with Gasteiger partial charge in [0.25, 0.3) is 0 Å². The van der Waals surface area contributed by atoms with Crippen LogP contribution in [0.25, 0.3) is 0 Å². The van der Waals surface area contributed by atoms with Crippen LogP contribution in [0.3, 0.4) is 0 Å². The Morgan fingerprint density at radius 1 is 1.64 bits per heavy atom. The zero-order chi connectivity index (χ0) is 8.85. The molecule has 0 rings (SSSR count). The minimum atomic E-state index is -0.482. The molecule has 0 fully saturated rings. The molecule has 0 amide bonds. The topological polar surface area (TPSA) is 50.1 Å². The Hall–Kier alpha value is -1.38. The number of carbonyl (C=O) groups excluding carboxylic acids is 1. The third-order valence-electron chi connectivity index (χ3n) is 1.12. The fourth-order valence-electron chi connectivity index (χ4n) is 0.339. The number of ether oxygens (including phenoxy) is 1. The Kier molecular flexibility index (Phi) is 3.88. The zero-order valence-corrected chi connectivity index (χ0v) is 6.46. The quantitative estimate of drug-likeness (QED) is 0.289. The van der Waals surface area contributed by atoms with E-state index in [1.54, 1.807) is 6.92 Å². The van der Waals surface area contributed by atoms with Crippen molar-refractivity contribution < 1.29 is 9.53 Å². The molecule has 3 heteroatoms. The van der Waals surface area contributed by atoms with Gasteiger partial charge >= 0.3 is 5.97 Å². The Bertz CT molecular complexity index is 196. The first-order chi connectivity index (χ1) is 5.11. The van der Waals surface area contributed by atoms with Gasteiger partial charge in [-0.1, -0.05) is 12.7 Å². The molecule has 0 aliphatic carbocycles. The maximum Gasteiger partial charge on any atom is 0.319 e. The molecule has 0 saturated heterocycles. The molecule has 0 aromatic carbocycles. The van der Waals surface area contributed by atoms with Crippen LogP contribution in [0.15, 0.2) is 25.3 Å². The predicted octanol–water partition coefficient (Wildman–Crippen LogP) is 1.51. The highest BCUT2D eigenvalue weighted by Gasteiger charge is 2.10. The number of carbonyl (C=O) groups is 1. The van der Waals surface area contributed by atoms with Gasteiger partial charge in [-0.2, -0.15) is 0 Å². The summed E-state index contributed by atoms with van der Waals surface area (Å²) in [5.74, 6) is -1.09. The van der Waals surface area contributed by atoms with Crippen LogP contribution in [0.4, 0.5) is 0 Å². The lowest BCUT2D eigenvalue weighted by molar-refractivity contribution is -0.137. The third kappa shape index (κ3) is 3.35. The number of esters is 1. The van der Waals surface area contributed by atoms with Gasteiger partial charge in [-0.3, -0.25) is 10.2 Å². The van der Waals surface area contributed by atoms with Gasteiger partial charge < -0.3 is 4.74 Å². The van der Waals surface area contributed by atoms with E-state index in [-0.39, 0.29) is 11.8 Å². The molecule has 1 atom stereocenters. The lowest BCUT2D eigenvalue weighted by Crippen LogP contribution is -2.15. The summed E-state index contributed by atoms with van der Waals surface area (Å²) in [5.41, 5.74) is 0. The molecular weight excluding hydrogens is 142 g/mol. The largest absolute Gasteiger partial charge is 0.408 e. The average Bonchev–Trinajstić information content (AvgIpc) is 2.02. The molecule has 0 aliphatic heterocycles. The van der Waals surface area contributed by atoms with E-state index >= 15 is 0 Å². The number of rotatable bonds is 3. The first-order valence-corrected chi connectivity index (χ1v) is 3.17. The fourth-order valence-corrected chi connectivity index (χ4v) is 0.339. The Labute approximate surface area is 65.9 Å². The van der Waals surface area contributed by atoms with Gasteiger partial charge in [0.1, 0.15) is 0 Å². The minimum absolute atomic E-state index is 0.233. The highest BCUT2D eigenvalue weighted by molar-refractivity contribution is 5.94. The maximum atomic E-state index is 10.9. The fraction of sp³-hybridized carbons (Fsp3) is 0.250. The monoisotopic (exact) mass is 153 g/mol. The SMILES string of the molecule is C=CC(=N)OC(=O)C(C)C=C. The Morgan fingerprint density at radius 2 is 2.18 bits per heavy atom. The van der Waals surface area contributed by atoms with Crippen molar-refractivity contribution in [2.75, 3.05) is 0 Å². The first kappa shape index (κ1) is 9.62. The van der Waals surface area contributed by atoms with Crippen molar-refractivity contribution in [3.63, 3.8) is 0 Å². The van der Waals surface area contributed by atoms with Crippen LogP contribution in [0.2, 0.25) is 0 Å². The molecule has 0 heterocycles. The van der Waals surface area contributed by atoms with Gasteiger partial charge in [-0.15, -0.1) is 6.58 Å². The molecule has 1 unspecified atom stereocenters. The van der Waals surface area contributed by atoms with Gasteiger partial charge in [0, 0.05) is 0 Å². The van der Waals surface area contributed by atoms with Crippen molar-refractivity contribution in [2.45, 2.75) is 6.92 Å². The van der Waals surface area contributed by atoms with E-state index in [0.717, 1.165) is 6.08 Å². The van der Waals surface area contributed by atoms with Crippen LogP contribution in [-0.2, 0) is 9.53 Å². The second-order valence-corrected chi connectivity index (χ2v) is 2.01. The summed E-state index contributed by atoms with van der Waals surface area (Å²) < 4.78 is 4.51. The molecule has 60 valence electrons. The van der Waals surface area contributed by atoms with Gasteiger partial charge in [0.15, 0.2) is 0 Å². The Morgan fingerprint density at radius 3 is 2.55 bits per heavy atom. The van der Waals surface area contributed by atoms with Crippen LogP contribution in [-0.4, -0.2) is 11.9 Å². The molecule has 0 aliphatic rings. The molecular formula is C8H11NO2. The first-order valence-electron chi connectivity index (χ1n) is 3.17. The van der Waals surface area contributed by atoms with Crippen LogP contribution in [0, 0.1) is 11.3 Å². The smallest absolute Gasteiger partial charge is 0.319 e. The van der Waals surface area contributed by atoms with Crippen molar-refractivity contribution in [3.05, 3.63) is 25.3 Å². The number of hydrogen-bond acceptors (Lipinski definition) is 3. The van der Waals surface area contributed by atoms with E-state index in [9.17, 15) is 4.79 Å². The van der Waals surface area contributed by atoms with Crippen molar-refractivity contribution in [3.8, 4) is 0 Å². The van der Waals surface area contributed by atoms with E-state index in [1.807, 2.05) is 0 Å². The van der Waals surface area contributed by atoms with Gasteiger partial charge in [0.05, 0.1) is 5.92 Å². The van der Waals surface area contributed by atoms with Crippen molar-refractivity contribution in [2.24, 2.45) is 5.92 Å². The molecule has 0 spiro atoms. The van der Waals surface area contributed by atoms with E-state index in [0.29, 0.717) is 0 Å². The second kappa shape index (κ2) is 4.44. The maximum absolute atomic E-state index is 10.9. The molecule has 3 nitrogen and oxygen atoms in total. The lowest BCUT2D eigenvalue weighted by Gasteiger charge is -2.04. The average molecular weight is 153 g/mol. The number of hydrogen-bond donors (Lipinski definition) is 1. The summed E-state index contributed by atoms with van der Waals surface area (Å²) in [4.78, 5) is 10.9. The number of nitrogens with one attached hydrogen (secondary N) is 1. The summed E-state index contributed by atoms with van der Waals surface area (Å²) in [6.45, 7) is 8.33. The highest BCUT2D eigenvalue weighted by Crippen LogP contribution is 1.99. The predicted molar refractivity (Wildman–Crippen MR) is 43.4 cm³/mol. The molecule has 0 radical (unpaired) electrons. The van der Waals surface area contributed by atoms with Crippen molar-refractivity contribution in [1.29, 1.82) is 5.41 Å². The van der Waals surface area contributed by atoms with Crippen LogP contribution in [0.5, 0.6) is 0 Å². The summed E-state index contributed by atoms with van der Waals surface area (Å²) in [7, 11) is 0. The molecule has 1 N–H and O–H groups in total. The minimum Gasteiger partial charge on any atom is -0.408 e. The molecule has 11 heavy (non-hydrogen) atoms. The normalized spacial score (nSPS) is 11.4. The van der Waals surface area contributed by atoms with Crippen molar-refractivity contribution >= 4 is 11.9 Å². The van der Waals surface area contributed by atoms with Crippen LogP contribution < -0.4 is 0 Å². The van der Waals surface area contributed by atoms with Gasteiger partial charge in [0.2, 0.25) is 5.90 Å². The van der Waals surface area contributed by atoms with E-state index in [4.69, 9.17) is 5.41 Å². The van der Waals surface area contributed by atoms with Crippen molar-refractivity contribution in [1.82, 2.24) is 0 Å². The summed E-state index contributed by atoms with van der Waals surface area (Å²) in [6.07, 6.45) is 2.62. The van der Waals surface area contributed by atoms with E-state index < -0.39 is 5.97 Å². The molecule has 0 bridgehead atoms. The molecule has 0 aromatic rings. The van der Waals surface area contributed by atoms with Gasteiger partial charge in [-0.05, 0) is 13.0 Å². The summed E-state index contributed by atoms with van der Waals surface area (Å²) >= 11 is 0. The lowest BCUT2D eigenvalue weighted by atomic mass is 10.2. The van der Waals surface area contributed by atoms with Crippen LogP contribution in [0.1, 0.15) is 6.92 Å². The van der Waals surface area contributed by atoms with E-state index in [1.165, 1.54) is 6.08 Å². The zero-order valence-electron chi connectivity index (χ0n) is 6.46. The van der Waals surface area contributed by atoms with Crippen LogP contribution >= 0.6 is 0 Å². The molecule has 0 aromatic heterocycles.